The van der Waals surface area contributed by atoms with Crippen LogP contribution in [0, 0.1) is 6.92 Å². The highest BCUT2D eigenvalue weighted by molar-refractivity contribution is 8.00. The monoisotopic (exact) mass is 373 g/mol. The second-order valence-corrected chi connectivity index (χ2v) is 6.80. The molecule has 0 aliphatic rings. The number of aromatic nitrogens is 3. The zero-order valence-corrected chi connectivity index (χ0v) is 15.3. The van der Waals surface area contributed by atoms with Crippen molar-refractivity contribution in [1.82, 2.24) is 20.0 Å². The summed E-state index contributed by atoms with van der Waals surface area (Å²) in [7, 11) is 1.72. The van der Waals surface area contributed by atoms with Gasteiger partial charge in [0, 0.05) is 13.1 Å². The Morgan fingerprint density at radius 2 is 2.12 bits per heavy atom. The van der Waals surface area contributed by atoms with Crippen LogP contribution < -0.4 is 5.32 Å². The highest BCUT2D eigenvalue weighted by atomic mass is 32.2. The second kappa shape index (κ2) is 8.05. The summed E-state index contributed by atoms with van der Waals surface area (Å²) in [5, 5.41) is 6.31. The van der Waals surface area contributed by atoms with Crippen molar-refractivity contribution in [2.45, 2.75) is 13.5 Å². The average Bonchev–Trinajstić information content (AvgIpc) is 3.19. The van der Waals surface area contributed by atoms with Crippen molar-refractivity contribution in [2.75, 3.05) is 23.9 Å². The minimum absolute atomic E-state index is 0.0689. The van der Waals surface area contributed by atoms with Crippen LogP contribution in [0.1, 0.15) is 11.6 Å². The first kappa shape index (κ1) is 18.0. The molecule has 0 aliphatic carbocycles. The number of hydrogen-bond acceptors (Lipinski definition) is 6. The molecule has 0 atom stereocenters. The molecule has 3 aromatic rings. The zero-order chi connectivity index (χ0) is 18.5. The largest absolute Gasteiger partial charge is 0.360 e. The van der Waals surface area contributed by atoms with Gasteiger partial charge in [0.1, 0.15) is 11.6 Å². The van der Waals surface area contributed by atoms with Gasteiger partial charge in [-0.25, -0.2) is 4.98 Å². The normalized spacial score (nSPS) is 10.8. The number of thioether (sulfide) groups is 1. The molecule has 3 rings (SSSR count). The van der Waals surface area contributed by atoms with E-state index in [9.17, 15) is 9.59 Å². The number of carbonyl (C=O) groups excluding carboxylic acids is 2. The molecule has 2 aromatic heterocycles. The quantitative estimate of drug-likeness (QED) is 0.658. The Morgan fingerprint density at radius 3 is 2.85 bits per heavy atom. The Hall–Kier alpha value is -2.81. The molecule has 0 bridgehead atoms. The predicted octanol–water partition coefficient (Wildman–Crippen LogP) is 2.19. The molecule has 2 N–H and O–H groups in total. The molecule has 0 spiro atoms. The molecule has 2 amide bonds. The molecule has 26 heavy (non-hydrogen) atoms. The molecule has 0 saturated heterocycles. The van der Waals surface area contributed by atoms with Crippen molar-refractivity contribution in [3.8, 4) is 0 Å². The van der Waals surface area contributed by atoms with Gasteiger partial charge < -0.3 is 19.7 Å². The van der Waals surface area contributed by atoms with E-state index in [1.54, 1.807) is 24.9 Å². The fraction of sp³-hybridized carbons (Fsp3) is 0.294. The van der Waals surface area contributed by atoms with Crippen molar-refractivity contribution in [2.24, 2.45) is 0 Å². The number of rotatable bonds is 7. The summed E-state index contributed by atoms with van der Waals surface area (Å²) in [4.78, 5) is 33.3. The minimum Gasteiger partial charge on any atom is -0.360 e. The Balaban J connectivity index is 1.43. The van der Waals surface area contributed by atoms with Crippen LogP contribution in [-0.4, -0.2) is 50.4 Å². The number of aryl methyl sites for hydroxylation is 1. The predicted molar refractivity (Wildman–Crippen MR) is 99.8 cm³/mol. The molecule has 136 valence electrons. The van der Waals surface area contributed by atoms with Gasteiger partial charge in [0.2, 0.25) is 11.8 Å². The number of fused-ring (bicyclic) bond motifs is 1. The second-order valence-electron chi connectivity index (χ2n) is 5.81. The van der Waals surface area contributed by atoms with E-state index in [0.717, 1.165) is 16.9 Å². The number of anilines is 1. The summed E-state index contributed by atoms with van der Waals surface area (Å²) < 4.78 is 4.88. The maximum absolute atomic E-state index is 12.2. The van der Waals surface area contributed by atoms with E-state index >= 15 is 0 Å². The highest BCUT2D eigenvalue weighted by Gasteiger charge is 2.13. The zero-order valence-electron chi connectivity index (χ0n) is 14.5. The molecule has 0 saturated carbocycles. The molecule has 1 aromatic carbocycles. The van der Waals surface area contributed by atoms with Crippen molar-refractivity contribution in [1.29, 1.82) is 0 Å². The molecule has 0 unspecified atom stereocenters. The fourth-order valence-corrected chi connectivity index (χ4v) is 3.09. The number of nitrogens with one attached hydrogen (secondary N) is 2. The molecule has 8 nitrogen and oxygen atoms in total. The molecule has 0 fully saturated rings. The third-order valence-corrected chi connectivity index (χ3v) is 4.52. The van der Waals surface area contributed by atoms with Gasteiger partial charge in [-0.3, -0.25) is 9.59 Å². The minimum atomic E-state index is -0.226. The van der Waals surface area contributed by atoms with E-state index in [-0.39, 0.29) is 23.3 Å². The number of para-hydroxylation sites is 2. The Kier molecular flexibility index (Phi) is 5.57. The topological polar surface area (TPSA) is 104 Å². The van der Waals surface area contributed by atoms with E-state index in [2.05, 4.69) is 20.4 Å². The number of benzene rings is 1. The van der Waals surface area contributed by atoms with E-state index in [0.29, 0.717) is 18.1 Å². The number of carbonyl (C=O) groups is 2. The summed E-state index contributed by atoms with van der Waals surface area (Å²) in [6, 6.07) is 9.35. The van der Waals surface area contributed by atoms with Gasteiger partial charge in [0.15, 0.2) is 5.82 Å². The standard InChI is InChI=1S/C17H19N5O3S/c1-11-7-14(21-25-11)20-16(23)9-26-10-17(24)22(2)8-15-18-12-5-3-4-6-13(12)19-15/h3-7H,8-10H2,1-2H3,(H,18,19)(H,20,21,23). The maximum Gasteiger partial charge on any atom is 0.235 e. The van der Waals surface area contributed by atoms with Crippen LogP contribution in [0.3, 0.4) is 0 Å². The third-order valence-electron chi connectivity index (χ3n) is 3.61. The summed E-state index contributed by atoms with van der Waals surface area (Å²) in [6.45, 7) is 2.13. The number of nitrogens with zero attached hydrogens (tertiary/aromatic N) is 3. The fourth-order valence-electron chi connectivity index (χ4n) is 2.34. The van der Waals surface area contributed by atoms with Gasteiger partial charge >= 0.3 is 0 Å². The summed E-state index contributed by atoms with van der Waals surface area (Å²) in [5.74, 6) is 1.80. The van der Waals surface area contributed by atoms with Crippen LogP contribution in [0.25, 0.3) is 11.0 Å². The molecule has 9 heteroatoms. The first-order chi connectivity index (χ1) is 12.5. The van der Waals surface area contributed by atoms with Gasteiger partial charge in [-0.2, -0.15) is 0 Å². The lowest BCUT2D eigenvalue weighted by atomic mass is 10.3. The van der Waals surface area contributed by atoms with Crippen molar-refractivity contribution in [3.05, 3.63) is 41.9 Å². The summed E-state index contributed by atoms with van der Waals surface area (Å²) >= 11 is 1.25. The lowest BCUT2D eigenvalue weighted by molar-refractivity contribution is -0.127. The summed E-state index contributed by atoms with van der Waals surface area (Å²) in [5.41, 5.74) is 1.81. The molecular weight excluding hydrogens is 354 g/mol. The van der Waals surface area contributed by atoms with Crippen molar-refractivity contribution < 1.29 is 14.1 Å². The third kappa shape index (κ3) is 4.63. The molecule has 2 heterocycles. The molecule has 0 aliphatic heterocycles. The van der Waals surface area contributed by atoms with Gasteiger partial charge in [-0.15, -0.1) is 11.8 Å². The Morgan fingerprint density at radius 1 is 1.31 bits per heavy atom. The number of amides is 2. The number of hydrogen-bond donors (Lipinski definition) is 2. The number of H-pyrrole nitrogens is 1. The van der Waals surface area contributed by atoms with Crippen molar-refractivity contribution in [3.63, 3.8) is 0 Å². The highest BCUT2D eigenvalue weighted by Crippen LogP contribution is 2.12. The summed E-state index contributed by atoms with van der Waals surface area (Å²) in [6.07, 6.45) is 0. The lowest BCUT2D eigenvalue weighted by Gasteiger charge is -2.15. The van der Waals surface area contributed by atoms with Crippen molar-refractivity contribution >= 4 is 40.4 Å². The van der Waals surface area contributed by atoms with Crippen LogP contribution in [0.2, 0.25) is 0 Å². The SMILES string of the molecule is Cc1cc(NC(=O)CSCC(=O)N(C)Cc2nc3ccccc3[nH]2)no1. The van der Waals surface area contributed by atoms with Crippen LogP contribution in [-0.2, 0) is 16.1 Å². The van der Waals surface area contributed by atoms with Crippen LogP contribution >= 0.6 is 11.8 Å². The lowest BCUT2D eigenvalue weighted by Crippen LogP contribution is -2.29. The first-order valence-electron chi connectivity index (χ1n) is 8.00. The Bertz CT molecular complexity index is 887. The molecule has 0 radical (unpaired) electrons. The van der Waals surface area contributed by atoms with Crippen LogP contribution in [0.15, 0.2) is 34.9 Å². The van der Waals surface area contributed by atoms with E-state index in [4.69, 9.17) is 4.52 Å². The smallest absolute Gasteiger partial charge is 0.235 e. The van der Waals surface area contributed by atoms with Gasteiger partial charge in [0.25, 0.3) is 0 Å². The van der Waals surface area contributed by atoms with Gasteiger partial charge in [-0.1, -0.05) is 17.3 Å². The van der Waals surface area contributed by atoms with Crippen LogP contribution in [0.4, 0.5) is 5.82 Å². The van der Waals surface area contributed by atoms with E-state index in [1.165, 1.54) is 11.8 Å². The van der Waals surface area contributed by atoms with Gasteiger partial charge in [-0.05, 0) is 19.1 Å². The van der Waals surface area contributed by atoms with Gasteiger partial charge in [0.05, 0.1) is 29.1 Å². The maximum atomic E-state index is 12.2. The Labute approximate surface area is 154 Å². The molecular formula is C17H19N5O3S. The number of aromatic amines is 1. The average molecular weight is 373 g/mol. The van der Waals surface area contributed by atoms with E-state index < -0.39 is 0 Å². The van der Waals surface area contributed by atoms with E-state index in [1.807, 2.05) is 24.3 Å². The first-order valence-corrected chi connectivity index (χ1v) is 9.15. The number of imidazole rings is 1. The van der Waals surface area contributed by atoms with Crippen LogP contribution in [0.5, 0.6) is 0 Å².